The summed E-state index contributed by atoms with van der Waals surface area (Å²) in [5, 5.41) is 3.55. The highest BCUT2D eigenvalue weighted by molar-refractivity contribution is 6.30. The molecule has 2 aromatic carbocycles. The van der Waals surface area contributed by atoms with Crippen molar-refractivity contribution >= 4 is 23.5 Å². The van der Waals surface area contributed by atoms with Gasteiger partial charge in [-0.25, -0.2) is 9.69 Å². The molecule has 0 bridgehead atoms. The molecule has 0 aromatic heterocycles. The van der Waals surface area contributed by atoms with E-state index < -0.39 is 5.54 Å². The van der Waals surface area contributed by atoms with E-state index in [-0.39, 0.29) is 24.0 Å². The molecule has 0 radical (unpaired) electrons. The van der Waals surface area contributed by atoms with Gasteiger partial charge in [0.25, 0.3) is 5.91 Å². The summed E-state index contributed by atoms with van der Waals surface area (Å²) in [4.78, 5) is 28.9. The second-order valence-electron chi connectivity index (χ2n) is 8.90. The molecule has 1 heterocycles. The highest BCUT2D eigenvalue weighted by atomic mass is 35.5. The fourth-order valence-electron chi connectivity index (χ4n) is 3.52. The Kier molecular flexibility index (Phi) is 5.74. The van der Waals surface area contributed by atoms with Crippen LogP contribution < -0.4 is 5.32 Å². The lowest BCUT2D eigenvalue weighted by molar-refractivity contribution is -0.132. The number of hydrogen-bond acceptors (Lipinski definition) is 3. The van der Waals surface area contributed by atoms with Crippen LogP contribution in [0.2, 0.25) is 5.02 Å². The predicted molar refractivity (Wildman–Crippen MR) is 116 cm³/mol. The number of benzene rings is 2. The Balaban J connectivity index is 1.73. The third-order valence-electron chi connectivity index (χ3n) is 5.35. The van der Waals surface area contributed by atoms with Gasteiger partial charge in [0.1, 0.15) is 5.54 Å². The molecule has 3 amide bonds. The third kappa shape index (κ3) is 4.46. The number of amides is 3. The van der Waals surface area contributed by atoms with Crippen LogP contribution in [0, 0.1) is 0 Å². The van der Waals surface area contributed by atoms with Crippen molar-refractivity contribution < 1.29 is 9.59 Å². The van der Waals surface area contributed by atoms with Crippen LogP contribution in [-0.2, 0) is 22.3 Å². The highest BCUT2D eigenvalue weighted by Crippen LogP contribution is 2.31. The molecule has 1 aliphatic heterocycles. The van der Waals surface area contributed by atoms with Crippen molar-refractivity contribution in [1.82, 2.24) is 15.1 Å². The molecule has 1 saturated heterocycles. The SMILES string of the molecule is CN(Cc1ccc(Cl)cc1)CN1C(=O)NC(C)(c2ccc(C(C)(C)C)cc2)C1=O. The van der Waals surface area contributed by atoms with Gasteiger partial charge in [-0.3, -0.25) is 9.69 Å². The maximum absolute atomic E-state index is 13.2. The van der Waals surface area contributed by atoms with Gasteiger partial charge in [0.2, 0.25) is 0 Å². The smallest absolute Gasteiger partial charge is 0.319 e. The number of carbonyl (C=O) groups is 2. The van der Waals surface area contributed by atoms with Gasteiger partial charge in [0.05, 0.1) is 6.67 Å². The summed E-state index contributed by atoms with van der Waals surface area (Å²) in [5.41, 5.74) is 1.99. The number of rotatable bonds is 5. The lowest BCUT2D eigenvalue weighted by Crippen LogP contribution is -2.42. The first kappa shape index (κ1) is 21.3. The van der Waals surface area contributed by atoms with Gasteiger partial charge >= 0.3 is 6.03 Å². The first-order valence-electron chi connectivity index (χ1n) is 9.69. The largest absolute Gasteiger partial charge is 0.326 e. The Hall–Kier alpha value is -2.37. The summed E-state index contributed by atoms with van der Waals surface area (Å²) in [6.07, 6.45) is 0. The van der Waals surface area contributed by atoms with Gasteiger partial charge in [0.15, 0.2) is 0 Å². The highest BCUT2D eigenvalue weighted by Gasteiger charge is 2.49. The molecule has 1 atom stereocenters. The molecule has 0 saturated carbocycles. The van der Waals surface area contributed by atoms with Crippen LogP contribution in [-0.4, -0.2) is 35.5 Å². The average Bonchev–Trinajstić information content (AvgIpc) is 2.87. The molecule has 1 aliphatic rings. The van der Waals surface area contributed by atoms with Crippen molar-refractivity contribution in [2.24, 2.45) is 0 Å². The zero-order valence-corrected chi connectivity index (χ0v) is 18.4. The van der Waals surface area contributed by atoms with Gasteiger partial charge < -0.3 is 5.32 Å². The van der Waals surface area contributed by atoms with E-state index in [1.165, 1.54) is 10.5 Å². The molecular formula is C23H28ClN3O2. The molecule has 6 heteroatoms. The minimum absolute atomic E-state index is 0.0266. The topological polar surface area (TPSA) is 52.6 Å². The van der Waals surface area contributed by atoms with Crippen molar-refractivity contribution in [2.45, 2.75) is 45.2 Å². The number of nitrogens with zero attached hydrogens (tertiary/aromatic N) is 2. The van der Waals surface area contributed by atoms with Gasteiger partial charge in [0, 0.05) is 11.6 Å². The van der Waals surface area contributed by atoms with Crippen LogP contribution in [0.25, 0.3) is 0 Å². The first-order valence-corrected chi connectivity index (χ1v) is 10.1. The van der Waals surface area contributed by atoms with E-state index in [0.717, 1.165) is 11.1 Å². The molecular weight excluding hydrogens is 386 g/mol. The van der Waals surface area contributed by atoms with Crippen LogP contribution in [0.4, 0.5) is 4.79 Å². The second kappa shape index (κ2) is 7.81. The Morgan fingerprint density at radius 2 is 1.62 bits per heavy atom. The number of nitrogens with one attached hydrogen (secondary N) is 1. The quantitative estimate of drug-likeness (QED) is 0.734. The molecule has 1 unspecified atom stereocenters. The zero-order chi connectivity index (χ0) is 21.4. The molecule has 0 aliphatic carbocycles. The summed E-state index contributed by atoms with van der Waals surface area (Å²) in [6, 6.07) is 15.1. The Morgan fingerprint density at radius 1 is 1.03 bits per heavy atom. The normalized spacial score (nSPS) is 19.8. The minimum Gasteiger partial charge on any atom is -0.319 e. The van der Waals surface area contributed by atoms with Crippen molar-refractivity contribution in [3.8, 4) is 0 Å². The van der Waals surface area contributed by atoms with Crippen molar-refractivity contribution in [3.05, 3.63) is 70.2 Å². The molecule has 1 fully saturated rings. The zero-order valence-electron chi connectivity index (χ0n) is 17.6. The van der Waals surface area contributed by atoms with Gasteiger partial charge in [-0.2, -0.15) is 0 Å². The van der Waals surface area contributed by atoms with Crippen LogP contribution >= 0.6 is 11.6 Å². The van der Waals surface area contributed by atoms with Crippen molar-refractivity contribution in [1.29, 1.82) is 0 Å². The van der Waals surface area contributed by atoms with E-state index in [9.17, 15) is 9.59 Å². The number of halogens is 1. The number of hydrogen-bond donors (Lipinski definition) is 1. The van der Waals surface area contributed by atoms with Crippen molar-refractivity contribution in [2.75, 3.05) is 13.7 Å². The van der Waals surface area contributed by atoms with E-state index >= 15 is 0 Å². The number of urea groups is 1. The predicted octanol–water partition coefficient (Wildman–Crippen LogP) is 4.49. The summed E-state index contributed by atoms with van der Waals surface area (Å²) in [5.74, 6) is -0.242. The molecule has 5 nitrogen and oxygen atoms in total. The lowest BCUT2D eigenvalue weighted by Gasteiger charge is -2.26. The van der Waals surface area contributed by atoms with Crippen LogP contribution in [0.1, 0.15) is 44.4 Å². The minimum atomic E-state index is -1.06. The fourth-order valence-corrected chi connectivity index (χ4v) is 3.64. The molecule has 1 N–H and O–H groups in total. The standard InChI is InChI=1S/C23H28ClN3O2/c1-22(2,3)17-8-10-18(11-9-17)23(4)20(28)27(21(29)25-23)15-26(5)14-16-6-12-19(24)13-7-16/h6-13H,14-15H2,1-5H3,(H,25,29). The first-order chi connectivity index (χ1) is 13.5. The van der Waals surface area contributed by atoms with E-state index in [4.69, 9.17) is 11.6 Å². The molecule has 2 aromatic rings. The second-order valence-corrected chi connectivity index (χ2v) is 9.33. The molecule has 154 valence electrons. The molecule has 3 rings (SSSR count). The summed E-state index contributed by atoms with van der Waals surface area (Å²) < 4.78 is 0. The maximum atomic E-state index is 13.2. The van der Waals surface area contributed by atoms with Crippen LogP contribution in [0.5, 0.6) is 0 Å². The van der Waals surface area contributed by atoms with Gasteiger partial charge in [-0.05, 0) is 48.2 Å². The Bertz CT molecular complexity index is 903. The van der Waals surface area contributed by atoms with E-state index in [2.05, 4.69) is 26.1 Å². The van der Waals surface area contributed by atoms with E-state index in [0.29, 0.717) is 11.6 Å². The third-order valence-corrected chi connectivity index (χ3v) is 5.60. The van der Waals surface area contributed by atoms with E-state index in [1.54, 1.807) is 6.92 Å². The maximum Gasteiger partial charge on any atom is 0.326 e. The number of imide groups is 1. The van der Waals surface area contributed by atoms with Crippen LogP contribution in [0.15, 0.2) is 48.5 Å². The average molecular weight is 414 g/mol. The monoisotopic (exact) mass is 413 g/mol. The Morgan fingerprint density at radius 3 is 2.17 bits per heavy atom. The summed E-state index contributed by atoms with van der Waals surface area (Å²) in [7, 11) is 1.88. The number of carbonyl (C=O) groups excluding carboxylic acids is 2. The Labute approximate surface area is 177 Å². The molecule has 29 heavy (non-hydrogen) atoms. The van der Waals surface area contributed by atoms with Crippen molar-refractivity contribution in [3.63, 3.8) is 0 Å². The van der Waals surface area contributed by atoms with Gasteiger partial charge in [-0.15, -0.1) is 0 Å². The summed E-state index contributed by atoms with van der Waals surface area (Å²) in [6.45, 7) is 9.01. The van der Waals surface area contributed by atoms with E-state index in [1.807, 2.05) is 60.5 Å². The van der Waals surface area contributed by atoms with Crippen LogP contribution in [0.3, 0.4) is 0 Å². The summed E-state index contributed by atoms with van der Waals surface area (Å²) >= 11 is 5.93. The lowest BCUT2D eigenvalue weighted by atomic mass is 9.84. The van der Waals surface area contributed by atoms with Gasteiger partial charge in [-0.1, -0.05) is 68.8 Å². The molecule has 0 spiro atoms. The fraction of sp³-hybridized carbons (Fsp3) is 0.391.